The summed E-state index contributed by atoms with van der Waals surface area (Å²) < 4.78 is 11.6. The molecule has 1 saturated heterocycles. The van der Waals surface area contributed by atoms with Crippen molar-refractivity contribution in [3.05, 3.63) is 75.3 Å². The van der Waals surface area contributed by atoms with Crippen molar-refractivity contribution in [2.75, 3.05) is 11.5 Å². The summed E-state index contributed by atoms with van der Waals surface area (Å²) in [6, 6.07) is 11.4. The minimum absolute atomic E-state index is 0.0162. The number of aromatic nitrogens is 1. The van der Waals surface area contributed by atoms with Crippen LogP contribution in [0.15, 0.2) is 48.0 Å². The van der Waals surface area contributed by atoms with E-state index in [1.165, 1.54) is 11.8 Å². The molecule has 196 valence electrons. The van der Waals surface area contributed by atoms with Crippen molar-refractivity contribution in [1.82, 2.24) is 4.98 Å². The second-order valence-electron chi connectivity index (χ2n) is 9.51. The summed E-state index contributed by atoms with van der Waals surface area (Å²) in [6.45, 7) is 7.59. The van der Waals surface area contributed by atoms with E-state index in [0.29, 0.717) is 40.5 Å². The second-order valence-corrected chi connectivity index (χ2v) is 10.5. The third-order valence-corrected chi connectivity index (χ3v) is 7.83. The lowest BCUT2D eigenvalue weighted by atomic mass is 9.94. The molecule has 0 bridgehead atoms. The molecule has 0 saturated carbocycles. The van der Waals surface area contributed by atoms with Gasteiger partial charge in [-0.25, -0.2) is 4.98 Å². The zero-order chi connectivity index (χ0) is 27.1. The Balaban J connectivity index is 1.68. The highest BCUT2D eigenvalue weighted by molar-refractivity contribution is 7.18. The number of aliphatic hydroxyl groups is 1. The first kappa shape index (κ1) is 25.7. The van der Waals surface area contributed by atoms with Crippen LogP contribution in [0.5, 0.6) is 11.5 Å². The van der Waals surface area contributed by atoms with Gasteiger partial charge in [0.25, 0.3) is 5.78 Å². The minimum Gasteiger partial charge on any atom is -0.507 e. The Kier molecular flexibility index (Phi) is 6.79. The van der Waals surface area contributed by atoms with Gasteiger partial charge in [-0.05, 0) is 61.7 Å². The molecule has 0 radical (unpaired) electrons. The van der Waals surface area contributed by atoms with Gasteiger partial charge >= 0.3 is 5.91 Å². The highest BCUT2D eigenvalue weighted by atomic mass is 32.1. The monoisotopic (exact) mass is 532 g/mol. The van der Waals surface area contributed by atoms with E-state index in [1.807, 2.05) is 13.8 Å². The van der Waals surface area contributed by atoms with Crippen LogP contribution in [0, 0.1) is 6.92 Å². The van der Waals surface area contributed by atoms with Crippen molar-refractivity contribution in [2.24, 2.45) is 0 Å². The SMILES string of the molecule is CCCOc1cccc([C@@H]2/C(=C(\O)c3ccc4c(c3)C[C@H](C)O4)C(=O)C(=O)N2c2nc(C)c(C(C)=O)s2)c1. The summed E-state index contributed by atoms with van der Waals surface area (Å²) in [5.41, 5.74) is 2.35. The van der Waals surface area contributed by atoms with E-state index in [4.69, 9.17) is 9.47 Å². The van der Waals surface area contributed by atoms with Crippen LogP contribution in [0.25, 0.3) is 5.76 Å². The molecule has 3 heterocycles. The molecule has 5 rings (SSSR count). The zero-order valence-corrected chi connectivity index (χ0v) is 22.4. The number of rotatable bonds is 7. The lowest BCUT2D eigenvalue weighted by molar-refractivity contribution is -0.132. The van der Waals surface area contributed by atoms with E-state index < -0.39 is 17.7 Å². The Morgan fingerprint density at radius 1 is 1.24 bits per heavy atom. The third-order valence-electron chi connectivity index (χ3n) is 6.57. The molecule has 1 amide bonds. The number of amides is 1. The predicted molar refractivity (Wildman–Crippen MR) is 144 cm³/mol. The number of nitrogens with zero attached hydrogens (tertiary/aromatic N) is 2. The summed E-state index contributed by atoms with van der Waals surface area (Å²) in [4.78, 5) is 45.3. The molecule has 3 aromatic rings. The van der Waals surface area contributed by atoms with Crippen LogP contribution in [-0.2, 0) is 16.0 Å². The fourth-order valence-electron chi connectivity index (χ4n) is 4.88. The number of hydrogen-bond acceptors (Lipinski definition) is 8. The number of aryl methyl sites for hydroxylation is 1. The molecule has 2 aliphatic rings. The number of thiazole rings is 1. The topological polar surface area (TPSA) is 106 Å². The molecule has 2 aliphatic heterocycles. The summed E-state index contributed by atoms with van der Waals surface area (Å²) in [7, 11) is 0. The van der Waals surface area contributed by atoms with E-state index in [1.54, 1.807) is 49.4 Å². The number of carbonyl (C=O) groups excluding carboxylic acids is 3. The zero-order valence-electron chi connectivity index (χ0n) is 21.6. The first-order valence-corrected chi connectivity index (χ1v) is 13.3. The fourth-order valence-corrected chi connectivity index (χ4v) is 5.87. The van der Waals surface area contributed by atoms with Gasteiger partial charge in [0.2, 0.25) is 0 Å². The van der Waals surface area contributed by atoms with Gasteiger partial charge in [0.05, 0.1) is 28.8 Å². The second kappa shape index (κ2) is 10.1. The number of benzene rings is 2. The van der Waals surface area contributed by atoms with Crippen molar-refractivity contribution >= 4 is 39.7 Å². The Hall–Kier alpha value is -3.98. The molecular weight excluding hydrogens is 504 g/mol. The number of ether oxygens (including phenoxy) is 2. The van der Waals surface area contributed by atoms with Crippen molar-refractivity contribution in [3.8, 4) is 11.5 Å². The van der Waals surface area contributed by atoms with Crippen LogP contribution >= 0.6 is 11.3 Å². The lowest BCUT2D eigenvalue weighted by Crippen LogP contribution is -2.29. The van der Waals surface area contributed by atoms with Crippen LogP contribution in [0.2, 0.25) is 0 Å². The maximum atomic E-state index is 13.5. The number of aliphatic hydroxyl groups excluding tert-OH is 1. The maximum Gasteiger partial charge on any atom is 0.301 e. The van der Waals surface area contributed by atoms with Gasteiger partial charge in [0.1, 0.15) is 23.4 Å². The van der Waals surface area contributed by atoms with Gasteiger partial charge < -0.3 is 14.6 Å². The van der Waals surface area contributed by atoms with Crippen LogP contribution in [0.4, 0.5) is 5.13 Å². The predicted octanol–water partition coefficient (Wildman–Crippen LogP) is 5.39. The Morgan fingerprint density at radius 3 is 2.74 bits per heavy atom. The highest BCUT2D eigenvalue weighted by Crippen LogP contribution is 2.45. The Bertz CT molecular complexity index is 1490. The number of anilines is 1. The molecule has 0 unspecified atom stereocenters. The quantitative estimate of drug-likeness (QED) is 0.188. The maximum absolute atomic E-state index is 13.5. The third kappa shape index (κ3) is 4.47. The summed E-state index contributed by atoms with van der Waals surface area (Å²) in [5.74, 6) is -0.782. The van der Waals surface area contributed by atoms with Gasteiger partial charge in [0.15, 0.2) is 10.9 Å². The van der Waals surface area contributed by atoms with Crippen molar-refractivity contribution in [1.29, 1.82) is 0 Å². The number of fused-ring (bicyclic) bond motifs is 1. The first-order chi connectivity index (χ1) is 18.2. The van der Waals surface area contributed by atoms with Gasteiger partial charge in [-0.1, -0.05) is 30.4 Å². The van der Waals surface area contributed by atoms with Crippen molar-refractivity contribution in [3.63, 3.8) is 0 Å². The molecule has 1 N–H and O–H groups in total. The van der Waals surface area contributed by atoms with Gasteiger partial charge in [-0.15, -0.1) is 0 Å². The van der Waals surface area contributed by atoms with E-state index in [-0.39, 0.29) is 28.4 Å². The number of Topliss-reactive ketones (excluding diaryl/α,β-unsaturated/α-hetero) is 2. The largest absolute Gasteiger partial charge is 0.507 e. The van der Waals surface area contributed by atoms with E-state index >= 15 is 0 Å². The summed E-state index contributed by atoms with van der Waals surface area (Å²) >= 11 is 1.05. The normalized spacial score (nSPS) is 19.9. The molecule has 9 heteroatoms. The van der Waals surface area contributed by atoms with Crippen LogP contribution in [-0.4, -0.2) is 40.3 Å². The van der Waals surface area contributed by atoms with Gasteiger partial charge in [-0.2, -0.15) is 0 Å². The number of carbonyl (C=O) groups is 3. The van der Waals surface area contributed by atoms with Gasteiger partial charge in [0, 0.05) is 18.9 Å². The minimum atomic E-state index is -0.964. The Morgan fingerprint density at radius 2 is 2.03 bits per heavy atom. The number of hydrogen-bond donors (Lipinski definition) is 1. The molecule has 38 heavy (non-hydrogen) atoms. The average molecular weight is 533 g/mol. The molecule has 1 aromatic heterocycles. The molecule has 0 aliphatic carbocycles. The van der Waals surface area contributed by atoms with Crippen LogP contribution in [0.1, 0.15) is 65.3 Å². The molecular formula is C29H28N2O6S. The van der Waals surface area contributed by atoms with Crippen LogP contribution in [0.3, 0.4) is 0 Å². The first-order valence-electron chi connectivity index (χ1n) is 12.5. The molecule has 1 fully saturated rings. The smallest absolute Gasteiger partial charge is 0.301 e. The van der Waals surface area contributed by atoms with Crippen LogP contribution < -0.4 is 14.4 Å². The Labute approximate surface area is 224 Å². The molecule has 2 aromatic carbocycles. The summed E-state index contributed by atoms with van der Waals surface area (Å²) in [5, 5.41) is 11.7. The molecule has 2 atom stereocenters. The lowest BCUT2D eigenvalue weighted by Gasteiger charge is -2.23. The van der Waals surface area contributed by atoms with Crippen molar-refractivity contribution < 1.29 is 29.0 Å². The highest BCUT2D eigenvalue weighted by Gasteiger charge is 2.48. The fraction of sp³-hybridized carbons (Fsp3) is 0.310. The molecule has 8 nitrogen and oxygen atoms in total. The van der Waals surface area contributed by atoms with Crippen molar-refractivity contribution in [2.45, 2.75) is 52.7 Å². The summed E-state index contributed by atoms with van der Waals surface area (Å²) in [6.07, 6.45) is 1.51. The molecule has 0 spiro atoms. The van der Waals surface area contributed by atoms with E-state index in [0.717, 1.165) is 29.1 Å². The van der Waals surface area contributed by atoms with E-state index in [9.17, 15) is 19.5 Å². The number of ketones is 2. The van der Waals surface area contributed by atoms with E-state index in [2.05, 4.69) is 4.98 Å². The standard InChI is InChI=1S/C29H28N2O6S/c1-5-11-36-21-8-6-7-18(14-21)24-23(25(33)19-9-10-22-20(13-19)12-15(2)37-22)26(34)28(35)31(24)29-30-16(3)27(38-29)17(4)32/h6-10,13-15,24,33H,5,11-12H2,1-4H3/b25-23+/t15-,24+/m0/s1. The van der Waals surface area contributed by atoms with Gasteiger partial charge in [-0.3, -0.25) is 19.3 Å². The average Bonchev–Trinajstić information content (AvgIpc) is 3.54.